The molecule has 1 aliphatic heterocycles. The van der Waals surface area contributed by atoms with Crippen molar-refractivity contribution in [3.63, 3.8) is 0 Å². The number of pyridine rings is 1. The highest BCUT2D eigenvalue weighted by molar-refractivity contribution is 7.89. The van der Waals surface area contributed by atoms with Crippen molar-refractivity contribution < 1.29 is 8.42 Å². The third-order valence-corrected chi connectivity index (χ3v) is 6.08. The molecule has 1 fully saturated rings. The number of anilines is 1. The zero-order valence-corrected chi connectivity index (χ0v) is 14.0. The van der Waals surface area contributed by atoms with Crippen molar-refractivity contribution in [3.05, 3.63) is 17.3 Å². The monoisotopic (exact) mass is 332 g/mol. The van der Waals surface area contributed by atoms with E-state index in [0.29, 0.717) is 19.0 Å². The number of nitrogens with one attached hydrogen (secondary N) is 1. The summed E-state index contributed by atoms with van der Waals surface area (Å²) in [5.74, 6) is 5.84. The van der Waals surface area contributed by atoms with Crippen molar-refractivity contribution in [3.8, 4) is 0 Å². The standard InChI is InChI=1S/C13H21ClN4O2S/c1-13(2,3)9-4-5-18(8-9)21(19,20)10-6-11(14)12(17-15)16-7-10/h6-7,9H,4-5,8,15H2,1-3H3,(H,16,17). The van der Waals surface area contributed by atoms with E-state index < -0.39 is 10.0 Å². The first-order valence-electron chi connectivity index (χ1n) is 6.78. The highest BCUT2D eigenvalue weighted by Crippen LogP contribution is 2.36. The molecule has 0 radical (unpaired) electrons. The number of nitrogens with zero attached hydrogens (tertiary/aromatic N) is 2. The van der Waals surface area contributed by atoms with Gasteiger partial charge >= 0.3 is 0 Å². The summed E-state index contributed by atoms with van der Waals surface area (Å²) in [5.41, 5.74) is 2.41. The van der Waals surface area contributed by atoms with E-state index in [1.54, 1.807) is 0 Å². The lowest BCUT2D eigenvalue weighted by Crippen LogP contribution is -2.31. The van der Waals surface area contributed by atoms with Crippen molar-refractivity contribution >= 4 is 27.4 Å². The second-order valence-corrected chi connectivity index (χ2v) is 8.71. The molecule has 8 heteroatoms. The molecule has 0 aliphatic carbocycles. The molecule has 1 aliphatic rings. The average molecular weight is 333 g/mol. The minimum atomic E-state index is -3.56. The fraction of sp³-hybridized carbons (Fsp3) is 0.615. The molecular formula is C13H21ClN4O2S. The normalized spacial score (nSPS) is 20.7. The number of halogens is 1. The smallest absolute Gasteiger partial charge is 0.244 e. The summed E-state index contributed by atoms with van der Waals surface area (Å²) in [6.45, 7) is 7.45. The maximum Gasteiger partial charge on any atom is 0.244 e. The molecule has 1 atom stereocenters. The van der Waals surface area contributed by atoms with E-state index in [9.17, 15) is 8.42 Å². The van der Waals surface area contributed by atoms with Crippen LogP contribution in [0.2, 0.25) is 5.02 Å². The predicted octanol–water partition coefficient (Wildman–Crippen LogP) is 2.08. The van der Waals surface area contributed by atoms with Crippen molar-refractivity contribution in [2.45, 2.75) is 32.1 Å². The fourth-order valence-electron chi connectivity index (χ4n) is 2.47. The number of hydrogen-bond donors (Lipinski definition) is 2. The molecule has 1 aromatic heterocycles. The molecular weight excluding hydrogens is 312 g/mol. The van der Waals surface area contributed by atoms with E-state index in [-0.39, 0.29) is 21.2 Å². The van der Waals surface area contributed by atoms with Crippen LogP contribution in [0.3, 0.4) is 0 Å². The maximum absolute atomic E-state index is 12.6. The largest absolute Gasteiger partial charge is 0.307 e. The van der Waals surface area contributed by atoms with Gasteiger partial charge in [0.1, 0.15) is 4.90 Å². The van der Waals surface area contributed by atoms with Crippen LogP contribution in [0.4, 0.5) is 5.82 Å². The molecule has 118 valence electrons. The van der Waals surface area contributed by atoms with E-state index in [0.717, 1.165) is 6.42 Å². The van der Waals surface area contributed by atoms with Gasteiger partial charge in [0.15, 0.2) is 5.82 Å². The Balaban J connectivity index is 2.25. The van der Waals surface area contributed by atoms with Gasteiger partial charge in [0, 0.05) is 19.3 Å². The number of nitrogen functional groups attached to an aromatic ring is 1. The molecule has 3 N–H and O–H groups in total. The highest BCUT2D eigenvalue weighted by Gasteiger charge is 2.37. The average Bonchev–Trinajstić information content (AvgIpc) is 2.88. The number of nitrogens with two attached hydrogens (primary N) is 1. The first kappa shape index (κ1) is 16.5. The van der Waals surface area contributed by atoms with Crippen LogP contribution in [0.5, 0.6) is 0 Å². The van der Waals surface area contributed by atoms with E-state index in [1.165, 1.54) is 16.6 Å². The zero-order valence-electron chi connectivity index (χ0n) is 12.4. The van der Waals surface area contributed by atoms with Crippen LogP contribution >= 0.6 is 11.6 Å². The number of hydrazine groups is 1. The Morgan fingerprint density at radius 2 is 2.14 bits per heavy atom. The topological polar surface area (TPSA) is 88.3 Å². The first-order chi connectivity index (χ1) is 9.66. The van der Waals surface area contributed by atoms with E-state index in [2.05, 4.69) is 31.2 Å². The SMILES string of the molecule is CC(C)(C)C1CCN(S(=O)(=O)c2cnc(NN)c(Cl)c2)C1. The van der Waals surface area contributed by atoms with Crippen LogP contribution < -0.4 is 11.3 Å². The fourth-order valence-corrected chi connectivity index (χ4v) is 4.23. The summed E-state index contributed by atoms with van der Waals surface area (Å²) >= 11 is 5.96. The lowest BCUT2D eigenvalue weighted by Gasteiger charge is -2.26. The minimum absolute atomic E-state index is 0.0908. The Bertz CT molecular complexity index is 628. The molecule has 1 aromatic rings. The summed E-state index contributed by atoms with van der Waals surface area (Å²) in [6, 6.07) is 1.38. The van der Waals surface area contributed by atoms with Gasteiger partial charge in [0.25, 0.3) is 0 Å². The number of aromatic nitrogens is 1. The lowest BCUT2D eigenvalue weighted by atomic mass is 9.80. The van der Waals surface area contributed by atoms with Gasteiger partial charge in [-0.15, -0.1) is 0 Å². The quantitative estimate of drug-likeness (QED) is 0.653. The summed E-state index contributed by atoms with van der Waals surface area (Å²) < 4.78 is 26.8. The van der Waals surface area contributed by atoms with Gasteiger partial charge in [-0.05, 0) is 23.8 Å². The Labute approximate surface area is 130 Å². The van der Waals surface area contributed by atoms with Crippen LogP contribution in [0.1, 0.15) is 27.2 Å². The van der Waals surface area contributed by atoms with Crippen LogP contribution in [0.15, 0.2) is 17.2 Å². The Morgan fingerprint density at radius 1 is 1.48 bits per heavy atom. The van der Waals surface area contributed by atoms with Crippen LogP contribution in [0.25, 0.3) is 0 Å². The number of rotatable bonds is 3. The molecule has 2 rings (SSSR count). The minimum Gasteiger partial charge on any atom is -0.307 e. The number of hydrogen-bond acceptors (Lipinski definition) is 5. The van der Waals surface area contributed by atoms with Gasteiger partial charge in [0.05, 0.1) is 5.02 Å². The second-order valence-electron chi connectivity index (χ2n) is 6.36. The Hall–Kier alpha value is -0.890. The predicted molar refractivity (Wildman–Crippen MR) is 83.4 cm³/mol. The van der Waals surface area contributed by atoms with Crippen molar-refractivity contribution in [2.24, 2.45) is 17.2 Å². The van der Waals surface area contributed by atoms with E-state index >= 15 is 0 Å². The van der Waals surface area contributed by atoms with E-state index in [1.807, 2.05) is 0 Å². The molecule has 21 heavy (non-hydrogen) atoms. The molecule has 0 saturated carbocycles. The van der Waals surface area contributed by atoms with Crippen molar-refractivity contribution in [2.75, 3.05) is 18.5 Å². The molecule has 6 nitrogen and oxygen atoms in total. The lowest BCUT2D eigenvalue weighted by molar-refractivity contribution is 0.252. The van der Waals surface area contributed by atoms with Gasteiger partial charge in [-0.25, -0.2) is 19.2 Å². The summed E-state index contributed by atoms with van der Waals surface area (Å²) in [4.78, 5) is 4.03. The van der Waals surface area contributed by atoms with Crippen molar-refractivity contribution in [1.29, 1.82) is 0 Å². The Kier molecular flexibility index (Phi) is 4.49. The van der Waals surface area contributed by atoms with Crippen molar-refractivity contribution in [1.82, 2.24) is 9.29 Å². The van der Waals surface area contributed by atoms with Crippen LogP contribution in [0, 0.1) is 11.3 Å². The van der Waals surface area contributed by atoms with Crippen LogP contribution in [-0.4, -0.2) is 30.8 Å². The maximum atomic E-state index is 12.6. The Morgan fingerprint density at radius 3 is 2.62 bits per heavy atom. The third kappa shape index (κ3) is 3.31. The summed E-state index contributed by atoms with van der Waals surface area (Å²) in [7, 11) is -3.56. The summed E-state index contributed by atoms with van der Waals surface area (Å²) in [6.07, 6.45) is 2.15. The highest BCUT2D eigenvalue weighted by atomic mass is 35.5. The van der Waals surface area contributed by atoms with E-state index in [4.69, 9.17) is 17.4 Å². The summed E-state index contributed by atoms with van der Waals surface area (Å²) in [5, 5.41) is 0.185. The molecule has 0 amide bonds. The number of sulfonamides is 1. The van der Waals surface area contributed by atoms with Crippen LogP contribution in [-0.2, 0) is 10.0 Å². The second kappa shape index (κ2) is 5.72. The molecule has 0 bridgehead atoms. The molecule has 0 spiro atoms. The molecule has 0 aromatic carbocycles. The first-order valence-corrected chi connectivity index (χ1v) is 8.60. The zero-order chi connectivity index (χ0) is 15.8. The van der Waals surface area contributed by atoms with Gasteiger partial charge in [0.2, 0.25) is 10.0 Å². The molecule has 2 heterocycles. The molecule has 1 unspecified atom stereocenters. The third-order valence-electron chi connectivity index (χ3n) is 3.97. The van der Waals surface area contributed by atoms with Gasteiger partial charge in [-0.2, -0.15) is 4.31 Å². The van der Waals surface area contributed by atoms with Gasteiger partial charge in [-0.3, -0.25) is 0 Å². The molecule has 1 saturated heterocycles. The van der Waals surface area contributed by atoms with Gasteiger partial charge in [-0.1, -0.05) is 32.4 Å². The van der Waals surface area contributed by atoms with Gasteiger partial charge < -0.3 is 5.43 Å².